The van der Waals surface area contributed by atoms with Gasteiger partial charge in [-0.1, -0.05) is 12.5 Å². The van der Waals surface area contributed by atoms with E-state index in [-0.39, 0.29) is 28.0 Å². The Labute approximate surface area is 201 Å². The Bertz CT molecular complexity index is 1220. The number of rotatable bonds is 9. The molecule has 4 rings (SSSR count). The molecule has 1 saturated heterocycles. The number of fused-ring (bicyclic) bond motifs is 1. The van der Waals surface area contributed by atoms with Crippen LogP contribution >= 0.6 is 0 Å². The molecule has 0 unspecified atom stereocenters. The number of primary amides is 1. The van der Waals surface area contributed by atoms with E-state index in [1.165, 1.54) is 37.5 Å². The predicted molar refractivity (Wildman–Crippen MR) is 127 cm³/mol. The minimum Gasteiger partial charge on any atom is -0.493 e. The Kier molecular flexibility index (Phi) is 7.39. The van der Waals surface area contributed by atoms with Gasteiger partial charge in [0.2, 0.25) is 0 Å². The number of halogens is 3. The lowest BCUT2D eigenvalue weighted by Gasteiger charge is -2.26. The second-order valence-electron chi connectivity index (χ2n) is 8.74. The summed E-state index contributed by atoms with van der Waals surface area (Å²) in [5.41, 5.74) is 5.33. The molecule has 0 bridgehead atoms. The average Bonchev–Trinajstić information content (AvgIpc) is 2.82. The second-order valence-corrected chi connectivity index (χ2v) is 8.74. The molecule has 0 aliphatic carbocycles. The molecule has 0 saturated carbocycles. The highest BCUT2D eigenvalue weighted by Crippen LogP contribution is 2.35. The van der Waals surface area contributed by atoms with Gasteiger partial charge in [-0.3, -0.25) is 4.79 Å². The lowest BCUT2D eigenvalue weighted by atomic mass is 10.1. The van der Waals surface area contributed by atoms with E-state index in [1.54, 1.807) is 6.92 Å². The summed E-state index contributed by atoms with van der Waals surface area (Å²) in [6.07, 6.45) is 5.46. The smallest absolute Gasteiger partial charge is 0.354 e. The van der Waals surface area contributed by atoms with Gasteiger partial charge < -0.3 is 20.7 Å². The van der Waals surface area contributed by atoms with Crippen molar-refractivity contribution in [3.05, 3.63) is 59.2 Å². The highest BCUT2D eigenvalue weighted by atomic mass is 19.3. The van der Waals surface area contributed by atoms with E-state index in [0.717, 1.165) is 44.5 Å². The van der Waals surface area contributed by atoms with E-state index in [1.807, 2.05) is 5.32 Å². The first kappa shape index (κ1) is 24.7. The maximum Gasteiger partial charge on any atom is 0.354 e. The number of aromatic nitrogens is 2. The minimum absolute atomic E-state index is 0.0174. The number of anilines is 1. The van der Waals surface area contributed by atoms with Gasteiger partial charge in [0.1, 0.15) is 23.7 Å². The summed E-state index contributed by atoms with van der Waals surface area (Å²) in [7, 11) is 0. The number of likely N-dealkylation sites (tertiary alicyclic amines) is 1. The van der Waals surface area contributed by atoms with E-state index in [9.17, 15) is 9.18 Å². The molecule has 1 aliphatic heterocycles. The zero-order chi connectivity index (χ0) is 25.0. The Morgan fingerprint density at radius 1 is 1.17 bits per heavy atom. The number of ether oxygens (including phenoxy) is 1. The molecule has 3 N–H and O–H groups in total. The van der Waals surface area contributed by atoms with Crippen molar-refractivity contribution in [3.8, 4) is 5.75 Å². The highest BCUT2D eigenvalue weighted by Gasteiger charge is 2.35. The Morgan fingerprint density at radius 2 is 1.94 bits per heavy atom. The van der Waals surface area contributed by atoms with Gasteiger partial charge in [-0.2, -0.15) is 8.78 Å². The lowest BCUT2D eigenvalue weighted by Crippen LogP contribution is -2.31. The molecule has 186 valence electrons. The summed E-state index contributed by atoms with van der Waals surface area (Å²) in [4.78, 5) is 22.4. The highest BCUT2D eigenvalue weighted by molar-refractivity contribution is 6.07. The number of nitrogens with two attached hydrogens (primary N) is 1. The third-order valence-corrected chi connectivity index (χ3v) is 6.05. The SMILES string of the molecule is Cc1ccc(C(F)(F)Nc2ncnc3c(C(N)=O)cc(OCCCN4CCCCC4)cc23)c(F)c1. The van der Waals surface area contributed by atoms with E-state index in [2.05, 4.69) is 14.9 Å². The van der Waals surface area contributed by atoms with Crippen LogP contribution in [-0.4, -0.2) is 47.0 Å². The summed E-state index contributed by atoms with van der Waals surface area (Å²) in [5.74, 6) is -1.82. The third-order valence-electron chi connectivity index (χ3n) is 6.05. The molecule has 2 heterocycles. The number of nitrogens with zero attached hydrogens (tertiary/aromatic N) is 3. The molecule has 7 nitrogen and oxygen atoms in total. The van der Waals surface area contributed by atoms with Crippen molar-refractivity contribution in [2.45, 2.75) is 38.7 Å². The normalized spacial score (nSPS) is 14.7. The first-order chi connectivity index (χ1) is 16.7. The van der Waals surface area contributed by atoms with Crippen LogP contribution in [0.4, 0.5) is 19.0 Å². The molecule has 2 aromatic carbocycles. The van der Waals surface area contributed by atoms with Gasteiger partial charge in [-0.25, -0.2) is 14.4 Å². The first-order valence-electron chi connectivity index (χ1n) is 11.6. The number of hydrogen-bond donors (Lipinski definition) is 2. The molecule has 0 spiro atoms. The number of carbonyl (C=O) groups excluding carboxylic acids is 1. The fraction of sp³-hybridized carbons (Fsp3) is 0.400. The molecule has 1 amide bonds. The molecule has 1 aliphatic rings. The van der Waals surface area contributed by atoms with Crippen molar-refractivity contribution in [1.82, 2.24) is 14.9 Å². The van der Waals surface area contributed by atoms with E-state index < -0.39 is 23.3 Å². The topological polar surface area (TPSA) is 93.4 Å². The fourth-order valence-electron chi connectivity index (χ4n) is 4.26. The van der Waals surface area contributed by atoms with Gasteiger partial charge in [-0.15, -0.1) is 0 Å². The number of amides is 1. The van der Waals surface area contributed by atoms with Crippen molar-refractivity contribution in [1.29, 1.82) is 0 Å². The zero-order valence-corrected chi connectivity index (χ0v) is 19.5. The molecule has 35 heavy (non-hydrogen) atoms. The number of hydrogen-bond acceptors (Lipinski definition) is 6. The molecule has 0 atom stereocenters. The van der Waals surface area contributed by atoms with Crippen molar-refractivity contribution in [3.63, 3.8) is 0 Å². The Morgan fingerprint density at radius 3 is 2.66 bits per heavy atom. The number of nitrogens with one attached hydrogen (secondary N) is 1. The van der Waals surface area contributed by atoms with Gasteiger partial charge in [0.15, 0.2) is 0 Å². The van der Waals surface area contributed by atoms with Gasteiger partial charge >= 0.3 is 6.05 Å². The van der Waals surface area contributed by atoms with Gasteiger partial charge in [0.25, 0.3) is 5.91 Å². The third kappa shape index (κ3) is 5.82. The number of piperidine rings is 1. The van der Waals surface area contributed by atoms with Gasteiger partial charge in [0, 0.05) is 11.9 Å². The van der Waals surface area contributed by atoms with Crippen LogP contribution in [0.1, 0.15) is 47.2 Å². The lowest BCUT2D eigenvalue weighted by molar-refractivity contribution is 0.0243. The first-order valence-corrected chi connectivity index (χ1v) is 11.6. The molecule has 0 radical (unpaired) electrons. The van der Waals surface area contributed by atoms with Crippen molar-refractivity contribution in [2.75, 3.05) is 31.6 Å². The van der Waals surface area contributed by atoms with Crippen LogP contribution in [0.2, 0.25) is 0 Å². The van der Waals surface area contributed by atoms with Crippen molar-refractivity contribution < 1.29 is 22.7 Å². The molecular formula is C25H28F3N5O2. The van der Waals surface area contributed by atoms with Crippen LogP contribution in [0.5, 0.6) is 5.75 Å². The van der Waals surface area contributed by atoms with Crippen LogP contribution in [0.3, 0.4) is 0 Å². The van der Waals surface area contributed by atoms with Crippen LogP contribution in [0.25, 0.3) is 10.9 Å². The zero-order valence-electron chi connectivity index (χ0n) is 19.5. The summed E-state index contributed by atoms with van der Waals surface area (Å²) in [5, 5.41) is 2.12. The number of benzene rings is 2. The molecule has 3 aromatic rings. The summed E-state index contributed by atoms with van der Waals surface area (Å²) in [6, 6.07) is 2.59. The molecule has 10 heteroatoms. The van der Waals surface area contributed by atoms with Crippen LogP contribution in [-0.2, 0) is 6.05 Å². The predicted octanol–water partition coefficient (Wildman–Crippen LogP) is 4.59. The summed E-state index contributed by atoms with van der Waals surface area (Å²) >= 11 is 0. The summed E-state index contributed by atoms with van der Waals surface area (Å²) < 4.78 is 50.1. The van der Waals surface area contributed by atoms with E-state index >= 15 is 8.78 Å². The van der Waals surface area contributed by atoms with Crippen molar-refractivity contribution in [2.24, 2.45) is 5.73 Å². The molecule has 1 fully saturated rings. The largest absolute Gasteiger partial charge is 0.493 e. The monoisotopic (exact) mass is 487 g/mol. The molecular weight excluding hydrogens is 459 g/mol. The van der Waals surface area contributed by atoms with E-state index in [4.69, 9.17) is 10.5 Å². The maximum absolute atomic E-state index is 15.0. The maximum atomic E-state index is 15.0. The number of alkyl halides is 2. The fourth-order valence-corrected chi connectivity index (χ4v) is 4.26. The van der Waals surface area contributed by atoms with Crippen LogP contribution in [0, 0.1) is 12.7 Å². The summed E-state index contributed by atoms with van der Waals surface area (Å²) in [6.45, 7) is 5.02. The Balaban J connectivity index is 1.59. The van der Waals surface area contributed by atoms with Gasteiger partial charge in [-0.05, 0) is 69.1 Å². The quantitative estimate of drug-likeness (QED) is 0.339. The van der Waals surface area contributed by atoms with E-state index in [0.29, 0.717) is 12.2 Å². The number of aryl methyl sites for hydroxylation is 1. The second kappa shape index (κ2) is 10.5. The van der Waals surface area contributed by atoms with Crippen LogP contribution < -0.4 is 15.8 Å². The minimum atomic E-state index is -3.78. The Hall–Kier alpha value is -3.40. The van der Waals surface area contributed by atoms with Crippen LogP contribution in [0.15, 0.2) is 36.7 Å². The number of carbonyl (C=O) groups is 1. The average molecular weight is 488 g/mol. The standard InChI is InChI=1S/C25H28F3N5O2/c1-16-6-7-20(21(26)12-16)25(27,28)32-24-19-14-17(13-18(23(29)34)22(19)30-15-31-24)35-11-5-10-33-8-3-2-4-9-33/h6-7,12-15H,2-5,8-11H2,1H3,(H2,29,34)(H,30,31,32). The molecule has 1 aromatic heterocycles. The van der Waals surface area contributed by atoms with Gasteiger partial charge in [0.05, 0.1) is 23.3 Å². The van der Waals surface area contributed by atoms with Crippen molar-refractivity contribution >= 4 is 22.6 Å².